The van der Waals surface area contributed by atoms with Crippen molar-refractivity contribution in [1.29, 1.82) is 5.26 Å². The summed E-state index contributed by atoms with van der Waals surface area (Å²) in [6, 6.07) is 10.8. The van der Waals surface area contributed by atoms with E-state index < -0.39 is 41.3 Å². The number of hydrogen-bond donors (Lipinski definition) is 3. The van der Waals surface area contributed by atoms with Gasteiger partial charge >= 0.3 is 0 Å². The molecule has 0 bridgehead atoms. The Morgan fingerprint density at radius 2 is 1.79 bits per heavy atom. The number of rotatable bonds is 5. The van der Waals surface area contributed by atoms with Gasteiger partial charge in [0.25, 0.3) is 25.8 Å². The molecule has 3 heterocycles. The molecule has 0 unspecified atom stereocenters. The molecule has 192 valence electrons. The zero-order valence-corrected chi connectivity index (χ0v) is 20.6. The minimum Gasteiger partial charge on any atom is -0.304 e. The number of hydrogen-bond acceptors (Lipinski definition) is 10. The number of nitrogens with zero attached hydrogens (tertiary/aromatic N) is 7. The van der Waals surface area contributed by atoms with Crippen LogP contribution in [0, 0.1) is 18.3 Å². The monoisotopic (exact) mass is 554 g/mol. The molecule has 0 amide bonds. The lowest BCUT2D eigenvalue weighted by molar-refractivity contribution is 0.477. The third-order valence-corrected chi connectivity index (χ3v) is 7.23. The number of fused-ring (bicyclic) bond motifs is 3. The lowest BCUT2D eigenvalue weighted by Crippen LogP contribution is -2.09. The molecular weight excluding hydrogens is 540 g/mol. The average Bonchev–Trinajstić information content (AvgIpc) is 3.41. The fourth-order valence-corrected chi connectivity index (χ4v) is 4.93. The van der Waals surface area contributed by atoms with Gasteiger partial charge in [-0.2, -0.15) is 32.3 Å². The predicted molar refractivity (Wildman–Crippen MR) is 130 cm³/mol. The van der Waals surface area contributed by atoms with E-state index in [1.807, 2.05) is 6.07 Å². The summed E-state index contributed by atoms with van der Waals surface area (Å²) < 4.78 is 68.6. The molecule has 0 radical (unpaired) electrons. The maximum absolute atomic E-state index is 12.6. The van der Waals surface area contributed by atoms with Gasteiger partial charge in [0.05, 0.1) is 33.4 Å². The van der Waals surface area contributed by atoms with Crippen LogP contribution < -0.4 is 5.56 Å². The Labute approximate surface area is 212 Å². The Hall–Kier alpha value is -4.76. The molecule has 0 aliphatic rings. The fraction of sp³-hybridized carbons (Fsp3) is 0.0476. The summed E-state index contributed by atoms with van der Waals surface area (Å²) in [5.74, 6) is -0.341. The molecule has 0 saturated carbocycles. The van der Waals surface area contributed by atoms with Crippen molar-refractivity contribution in [1.82, 2.24) is 24.4 Å². The first-order chi connectivity index (χ1) is 17.9. The van der Waals surface area contributed by atoms with Crippen LogP contribution in [0.25, 0.3) is 22.2 Å². The van der Waals surface area contributed by atoms with Crippen molar-refractivity contribution in [3.05, 3.63) is 70.3 Å². The van der Waals surface area contributed by atoms with E-state index in [1.54, 1.807) is 31.2 Å². The molecule has 5 aromatic rings. The summed E-state index contributed by atoms with van der Waals surface area (Å²) in [5, 5.41) is 26.4. The summed E-state index contributed by atoms with van der Waals surface area (Å²) in [6.07, 6.45) is 1.01. The molecule has 0 saturated heterocycles. The van der Waals surface area contributed by atoms with Crippen LogP contribution in [0.2, 0.25) is 0 Å². The highest BCUT2D eigenvalue weighted by molar-refractivity contribution is 7.86. The second-order valence-corrected chi connectivity index (χ2v) is 10.7. The molecule has 0 aliphatic heterocycles. The number of nitriles is 1. The number of aromatic nitrogens is 5. The Balaban J connectivity index is 1.74. The molecule has 5 rings (SSSR count). The normalized spacial score (nSPS) is 12.5. The summed E-state index contributed by atoms with van der Waals surface area (Å²) in [4.78, 5) is 13.8. The van der Waals surface area contributed by atoms with E-state index in [-0.39, 0.29) is 22.7 Å². The highest BCUT2D eigenvalue weighted by Gasteiger charge is 2.24. The standard InChI is InChI=1S/C21H14N8O7S2/c1-11-18(20-24-21(30)14-4-2-3-5-15(14)29(20)27-11)25-26-19-12(9-22)10-23-28(19)16-8-13(37(31,32)33)6-7-17(16)38(34,35)36/h2-8,10H,1H3,(H,24,30)(H,31,32,33)(H,34,35,36)/b26-25+. The predicted octanol–water partition coefficient (Wildman–Crippen LogP) is 2.45. The molecule has 0 fully saturated rings. The maximum Gasteiger partial charge on any atom is 0.296 e. The minimum absolute atomic E-state index is 0.117. The molecule has 0 spiro atoms. The van der Waals surface area contributed by atoms with Crippen molar-refractivity contribution in [3.8, 4) is 11.8 Å². The van der Waals surface area contributed by atoms with E-state index >= 15 is 0 Å². The molecule has 15 nitrogen and oxygen atoms in total. The third kappa shape index (κ3) is 4.12. The van der Waals surface area contributed by atoms with Gasteiger partial charge in [-0.1, -0.05) is 12.1 Å². The topological polar surface area (TPSA) is 225 Å². The van der Waals surface area contributed by atoms with Crippen LogP contribution in [0.5, 0.6) is 0 Å². The average molecular weight is 555 g/mol. The van der Waals surface area contributed by atoms with Crippen LogP contribution in [-0.4, -0.2) is 50.3 Å². The van der Waals surface area contributed by atoms with Gasteiger partial charge in [0, 0.05) is 0 Å². The van der Waals surface area contributed by atoms with Crippen molar-refractivity contribution < 1.29 is 25.9 Å². The second kappa shape index (κ2) is 8.67. The van der Waals surface area contributed by atoms with Gasteiger partial charge < -0.3 is 4.98 Å². The van der Waals surface area contributed by atoms with E-state index in [4.69, 9.17) is 0 Å². The van der Waals surface area contributed by atoms with Crippen LogP contribution in [0.4, 0.5) is 11.5 Å². The lowest BCUT2D eigenvalue weighted by atomic mass is 10.2. The Kier molecular flexibility index (Phi) is 5.68. The zero-order chi connectivity index (χ0) is 27.4. The molecule has 3 aromatic heterocycles. The quantitative estimate of drug-likeness (QED) is 0.212. The van der Waals surface area contributed by atoms with E-state index in [1.165, 1.54) is 4.52 Å². The number of aromatic amines is 1. The highest BCUT2D eigenvalue weighted by Crippen LogP contribution is 2.32. The van der Waals surface area contributed by atoms with Gasteiger partial charge in [-0.05, 0) is 37.3 Å². The first kappa shape index (κ1) is 24.9. The highest BCUT2D eigenvalue weighted by atomic mass is 32.2. The second-order valence-electron chi connectivity index (χ2n) is 7.85. The number of H-pyrrole nitrogens is 1. The van der Waals surface area contributed by atoms with Crippen molar-refractivity contribution in [2.75, 3.05) is 0 Å². The smallest absolute Gasteiger partial charge is 0.296 e. The van der Waals surface area contributed by atoms with Gasteiger partial charge in [-0.25, -0.2) is 9.20 Å². The summed E-state index contributed by atoms with van der Waals surface area (Å²) in [6.45, 7) is 1.60. The Bertz CT molecular complexity index is 2140. The summed E-state index contributed by atoms with van der Waals surface area (Å²) >= 11 is 0. The SMILES string of the molecule is Cc1nn2c([nH]c(=O)c3ccccc32)c1/N=N/c1c(C#N)cnn1-c1cc(S(=O)(=O)O)ccc1S(=O)(=O)O. The van der Waals surface area contributed by atoms with Gasteiger partial charge in [0.1, 0.15) is 16.5 Å². The Morgan fingerprint density at radius 1 is 1.05 bits per heavy atom. The van der Waals surface area contributed by atoms with E-state index in [0.717, 1.165) is 29.1 Å². The number of para-hydroxylation sites is 1. The van der Waals surface area contributed by atoms with Gasteiger partial charge in [-0.3, -0.25) is 13.9 Å². The van der Waals surface area contributed by atoms with Crippen molar-refractivity contribution in [3.63, 3.8) is 0 Å². The Morgan fingerprint density at radius 3 is 2.47 bits per heavy atom. The molecule has 17 heteroatoms. The largest absolute Gasteiger partial charge is 0.304 e. The van der Waals surface area contributed by atoms with Crippen molar-refractivity contribution in [2.24, 2.45) is 10.2 Å². The molecule has 0 aliphatic carbocycles. The first-order valence-electron chi connectivity index (χ1n) is 10.4. The van der Waals surface area contributed by atoms with Gasteiger partial charge in [-0.15, -0.1) is 10.2 Å². The maximum atomic E-state index is 12.6. The number of aryl methyl sites for hydroxylation is 1. The van der Waals surface area contributed by atoms with Gasteiger partial charge in [0.15, 0.2) is 17.2 Å². The number of azo groups is 1. The van der Waals surface area contributed by atoms with E-state index in [2.05, 4.69) is 25.4 Å². The zero-order valence-electron chi connectivity index (χ0n) is 19.0. The summed E-state index contributed by atoms with van der Waals surface area (Å²) in [7, 11) is -9.71. The molecule has 2 aromatic carbocycles. The van der Waals surface area contributed by atoms with Crippen LogP contribution in [0.15, 0.2) is 73.5 Å². The minimum atomic E-state index is -4.92. The third-order valence-electron chi connectivity index (χ3n) is 5.48. The van der Waals surface area contributed by atoms with Crippen LogP contribution >= 0.6 is 0 Å². The first-order valence-corrected chi connectivity index (χ1v) is 13.3. The van der Waals surface area contributed by atoms with Crippen LogP contribution in [0.1, 0.15) is 11.3 Å². The van der Waals surface area contributed by atoms with Crippen molar-refractivity contribution in [2.45, 2.75) is 16.7 Å². The lowest BCUT2D eigenvalue weighted by Gasteiger charge is -2.10. The summed E-state index contributed by atoms with van der Waals surface area (Å²) in [5.41, 5.74) is 0.00913. The molecule has 3 N–H and O–H groups in total. The molecule has 0 atom stereocenters. The van der Waals surface area contributed by atoms with Gasteiger partial charge in [0.2, 0.25) is 0 Å². The molecule has 38 heavy (non-hydrogen) atoms. The number of nitrogens with one attached hydrogen (secondary N) is 1. The van der Waals surface area contributed by atoms with Crippen molar-refractivity contribution >= 4 is 48.3 Å². The van der Waals surface area contributed by atoms with Crippen LogP contribution in [-0.2, 0) is 20.2 Å². The van der Waals surface area contributed by atoms with E-state index in [9.17, 15) is 36.0 Å². The fourth-order valence-electron chi connectivity index (χ4n) is 3.78. The van der Waals surface area contributed by atoms with E-state index in [0.29, 0.717) is 16.6 Å². The molecular formula is C21H14N8O7S2. The van der Waals surface area contributed by atoms with Crippen LogP contribution in [0.3, 0.4) is 0 Å². The number of benzene rings is 2.